The van der Waals surface area contributed by atoms with E-state index in [1.54, 1.807) is 0 Å². The number of hydrogen-bond donors (Lipinski definition) is 1. The van der Waals surface area contributed by atoms with E-state index in [1.165, 1.54) is 12.3 Å². The van der Waals surface area contributed by atoms with Gasteiger partial charge in [0.15, 0.2) is 0 Å². The van der Waals surface area contributed by atoms with Gasteiger partial charge in [-0.25, -0.2) is 9.37 Å². The summed E-state index contributed by atoms with van der Waals surface area (Å²) in [4.78, 5) is 4.09. The van der Waals surface area contributed by atoms with Crippen molar-refractivity contribution in [3.8, 4) is 5.88 Å². The van der Waals surface area contributed by atoms with Crippen LogP contribution in [0.25, 0.3) is 0 Å². The zero-order valence-corrected chi connectivity index (χ0v) is 12.4. The molecular formula is C15H23FN2O2. The first-order valence-corrected chi connectivity index (χ1v) is 7.08. The Balaban J connectivity index is 2.06. The van der Waals surface area contributed by atoms with Crippen molar-refractivity contribution in [1.29, 1.82) is 0 Å². The van der Waals surface area contributed by atoms with E-state index in [4.69, 9.17) is 9.47 Å². The largest absolute Gasteiger partial charge is 0.474 e. The van der Waals surface area contributed by atoms with Gasteiger partial charge in [0.2, 0.25) is 5.88 Å². The second-order valence-electron chi connectivity index (χ2n) is 6.15. The molecule has 0 aliphatic carbocycles. The highest BCUT2D eigenvalue weighted by atomic mass is 19.1. The Labute approximate surface area is 119 Å². The van der Waals surface area contributed by atoms with Crippen molar-refractivity contribution in [2.75, 3.05) is 13.2 Å². The Morgan fingerprint density at radius 2 is 2.10 bits per heavy atom. The van der Waals surface area contributed by atoms with E-state index in [2.05, 4.69) is 31.1 Å². The second-order valence-corrected chi connectivity index (χ2v) is 6.15. The Morgan fingerprint density at radius 3 is 2.75 bits per heavy atom. The van der Waals surface area contributed by atoms with Crippen LogP contribution in [-0.4, -0.2) is 29.8 Å². The molecule has 0 spiro atoms. The molecule has 0 unspecified atom stereocenters. The summed E-state index contributed by atoms with van der Waals surface area (Å²) in [7, 11) is 0. The summed E-state index contributed by atoms with van der Waals surface area (Å²) in [6.45, 7) is 8.16. The number of hydrogen-bond acceptors (Lipinski definition) is 4. The maximum atomic E-state index is 13.4. The fraction of sp³-hybridized carbons (Fsp3) is 0.667. The fourth-order valence-corrected chi connectivity index (χ4v) is 2.01. The first-order valence-electron chi connectivity index (χ1n) is 7.08. The standard InChI is InChI=1S/C15H23FN2O2/c1-15(2,3)18-9-11-8-12(16)10-17-14(11)20-13-4-6-19-7-5-13/h8,10,13,18H,4-7,9H2,1-3H3. The minimum Gasteiger partial charge on any atom is -0.474 e. The van der Waals surface area contributed by atoms with E-state index < -0.39 is 0 Å². The Bertz CT molecular complexity index is 440. The predicted octanol–water partition coefficient (Wildman–Crippen LogP) is 2.67. The first kappa shape index (κ1) is 15.2. The lowest BCUT2D eigenvalue weighted by molar-refractivity contribution is 0.0232. The molecule has 2 rings (SSSR count). The third-order valence-corrected chi connectivity index (χ3v) is 3.15. The molecule has 1 N–H and O–H groups in total. The molecule has 2 heterocycles. The normalized spacial score (nSPS) is 17.2. The fourth-order valence-electron chi connectivity index (χ4n) is 2.01. The summed E-state index contributed by atoms with van der Waals surface area (Å²) in [5.41, 5.74) is 0.717. The number of halogens is 1. The molecule has 0 radical (unpaired) electrons. The lowest BCUT2D eigenvalue weighted by Crippen LogP contribution is -2.35. The topological polar surface area (TPSA) is 43.4 Å². The minimum atomic E-state index is -0.338. The lowest BCUT2D eigenvalue weighted by Gasteiger charge is -2.25. The molecule has 1 fully saturated rings. The van der Waals surface area contributed by atoms with Crippen LogP contribution in [0, 0.1) is 5.82 Å². The quantitative estimate of drug-likeness (QED) is 0.922. The third kappa shape index (κ3) is 4.72. The van der Waals surface area contributed by atoms with Gasteiger partial charge >= 0.3 is 0 Å². The van der Waals surface area contributed by atoms with E-state index in [0.29, 0.717) is 25.6 Å². The van der Waals surface area contributed by atoms with E-state index in [9.17, 15) is 4.39 Å². The van der Waals surface area contributed by atoms with Gasteiger partial charge in [-0.15, -0.1) is 0 Å². The van der Waals surface area contributed by atoms with E-state index in [1.807, 2.05) is 0 Å². The predicted molar refractivity (Wildman–Crippen MR) is 75.3 cm³/mol. The molecule has 0 amide bonds. The Hall–Kier alpha value is -1.20. The molecule has 4 nitrogen and oxygen atoms in total. The number of nitrogens with one attached hydrogen (secondary N) is 1. The van der Waals surface area contributed by atoms with Gasteiger partial charge in [0.25, 0.3) is 0 Å². The SMILES string of the molecule is CC(C)(C)NCc1cc(F)cnc1OC1CCOCC1. The maximum Gasteiger partial charge on any atom is 0.218 e. The molecule has 0 aromatic carbocycles. The molecule has 0 saturated carbocycles. The van der Waals surface area contributed by atoms with Gasteiger partial charge in [-0.1, -0.05) is 0 Å². The Morgan fingerprint density at radius 1 is 1.40 bits per heavy atom. The average Bonchev–Trinajstić information content (AvgIpc) is 2.39. The molecule has 1 aliphatic rings. The molecule has 0 bridgehead atoms. The van der Waals surface area contributed by atoms with Crippen LogP contribution in [0.15, 0.2) is 12.3 Å². The van der Waals surface area contributed by atoms with Crippen molar-refractivity contribution in [3.63, 3.8) is 0 Å². The van der Waals surface area contributed by atoms with Crippen molar-refractivity contribution >= 4 is 0 Å². The van der Waals surface area contributed by atoms with Gasteiger partial charge in [0, 0.05) is 30.5 Å². The molecule has 1 aliphatic heterocycles. The molecule has 1 aromatic heterocycles. The van der Waals surface area contributed by atoms with E-state index >= 15 is 0 Å². The van der Waals surface area contributed by atoms with Crippen molar-refractivity contribution in [2.24, 2.45) is 0 Å². The minimum absolute atomic E-state index is 0.0394. The summed E-state index contributed by atoms with van der Waals surface area (Å²) in [5.74, 6) is 0.185. The van der Waals surface area contributed by atoms with Crippen molar-refractivity contribution in [2.45, 2.75) is 51.8 Å². The average molecular weight is 282 g/mol. The number of aromatic nitrogens is 1. The summed E-state index contributed by atoms with van der Waals surface area (Å²) in [6, 6.07) is 1.49. The highest BCUT2D eigenvalue weighted by Crippen LogP contribution is 2.21. The van der Waals surface area contributed by atoms with E-state index in [0.717, 1.165) is 18.4 Å². The second kappa shape index (κ2) is 6.50. The number of rotatable bonds is 4. The highest BCUT2D eigenvalue weighted by Gasteiger charge is 2.19. The van der Waals surface area contributed by atoms with Gasteiger partial charge in [-0.05, 0) is 26.8 Å². The monoisotopic (exact) mass is 282 g/mol. The van der Waals surface area contributed by atoms with Crippen molar-refractivity contribution in [1.82, 2.24) is 10.3 Å². The van der Waals surface area contributed by atoms with Crippen LogP contribution in [0.3, 0.4) is 0 Å². The number of nitrogens with zero attached hydrogens (tertiary/aromatic N) is 1. The van der Waals surface area contributed by atoms with Crippen LogP contribution in [0.4, 0.5) is 4.39 Å². The molecular weight excluding hydrogens is 259 g/mol. The molecule has 112 valence electrons. The van der Waals surface area contributed by atoms with Crippen LogP contribution in [-0.2, 0) is 11.3 Å². The van der Waals surface area contributed by atoms with Gasteiger partial charge in [-0.3, -0.25) is 0 Å². The lowest BCUT2D eigenvalue weighted by atomic mass is 10.1. The number of pyridine rings is 1. The molecule has 20 heavy (non-hydrogen) atoms. The number of ether oxygens (including phenoxy) is 2. The van der Waals surface area contributed by atoms with Crippen molar-refractivity contribution < 1.29 is 13.9 Å². The summed E-state index contributed by atoms with van der Waals surface area (Å²) >= 11 is 0. The van der Waals surface area contributed by atoms with Crippen LogP contribution < -0.4 is 10.1 Å². The van der Waals surface area contributed by atoms with Crippen molar-refractivity contribution in [3.05, 3.63) is 23.6 Å². The van der Waals surface area contributed by atoms with Crippen LogP contribution in [0.1, 0.15) is 39.2 Å². The smallest absolute Gasteiger partial charge is 0.218 e. The molecule has 1 saturated heterocycles. The van der Waals surface area contributed by atoms with Gasteiger partial charge in [0.1, 0.15) is 11.9 Å². The van der Waals surface area contributed by atoms with Gasteiger partial charge < -0.3 is 14.8 Å². The van der Waals surface area contributed by atoms with Gasteiger partial charge in [-0.2, -0.15) is 0 Å². The van der Waals surface area contributed by atoms with Crippen LogP contribution >= 0.6 is 0 Å². The van der Waals surface area contributed by atoms with Crippen LogP contribution in [0.2, 0.25) is 0 Å². The third-order valence-electron chi connectivity index (χ3n) is 3.15. The van der Waals surface area contributed by atoms with Crippen LogP contribution in [0.5, 0.6) is 5.88 Å². The first-order chi connectivity index (χ1) is 9.44. The summed E-state index contributed by atoms with van der Waals surface area (Å²) in [6.07, 6.45) is 3.01. The zero-order chi connectivity index (χ0) is 14.6. The molecule has 0 atom stereocenters. The zero-order valence-electron chi connectivity index (χ0n) is 12.4. The maximum absolute atomic E-state index is 13.4. The summed E-state index contributed by atoms with van der Waals surface area (Å²) in [5, 5.41) is 3.33. The molecule has 1 aromatic rings. The van der Waals surface area contributed by atoms with E-state index in [-0.39, 0.29) is 17.5 Å². The highest BCUT2D eigenvalue weighted by molar-refractivity contribution is 5.26. The molecule has 5 heteroatoms. The summed E-state index contributed by atoms with van der Waals surface area (Å²) < 4.78 is 24.6. The van der Waals surface area contributed by atoms with Gasteiger partial charge in [0.05, 0.1) is 19.4 Å². The Kier molecular flexibility index (Phi) is 4.94.